The van der Waals surface area contributed by atoms with E-state index >= 15 is 0 Å². The average Bonchev–Trinajstić information content (AvgIpc) is 3.12. The Bertz CT molecular complexity index is 1010. The molecule has 167 valence electrons. The van der Waals surface area contributed by atoms with E-state index in [0.29, 0.717) is 35.5 Å². The highest BCUT2D eigenvalue weighted by molar-refractivity contribution is 6.03. The molecule has 1 aliphatic rings. The molecule has 0 saturated carbocycles. The smallest absolute Gasteiger partial charge is 0.407 e. The first kappa shape index (κ1) is 22.6. The Balaban J connectivity index is 1.54. The predicted molar refractivity (Wildman–Crippen MR) is 120 cm³/mol. The minimum Gasteiger partial charge on any atom is -0.445 e. The number of nitrogens with one attached hydrogen (secondary N) is 4. The number of hydrogen-bond acceptors (Lipinski definition) is 5. The summed E-state index contributed by atoms with van der Waals surface area (Å²) in [7, 11) is 0. The Labute approximate surface area is 185 Å². The molecule has 0 bridgehead atoms. The van der Waals surface area contributed by atoms with Gasteiger partial charge in [-0.15, -0.1) is 0 Å². The standard InChI is InChI=1S/C22H25N6O4/c1-2-25-22(31)32-13-14-4-3-5-16(12-14)26-21(30)27-18-10-11-28(20(18)29)17-8-6-15(7-9-17)19(23)24/h3-9,12,18H,1-2,10-11,13H2,(H3,23,24)(H,25,31)(H2,26,27,30). The molecule has 2 aromatic rings. The molecule has 4 amide bonds. The van der Waals surface area contributed by atoms with Crippen LogP contribution in [0.5, 0.6) is 0 Å². The summed E-state index contributed by atoms with van der Waals surface area (Å²) in [6.07, 6.45) is -0.105. The summed E-state index contributed by atoms with van der Waals surface area (Å²) in [6.45, 7) is 4.23. The molecule has 1 radical (unpaired) electrons. The van der Waals surface area contributed by atoms with Crippen molar-refractivity contribution in [3.63, 3.8) is 0 Å². The first-order chi connectivity index (χ1) is 15.4. The van der Waals surface area contributed by atoms with Crippen LogP contribution in [0.1, 0.15) is 17.5 Å². The third-order valence-electron chi connectivity index (χ3n) is 4.82. The summed E-state index contributed by atoms with van der Waals surface area (Å²) in [5.41, 5.74) is 7.91. The van der Waals surface area contributed by atoms with Crippen LogP contribution in [0.4, 0.5) is 21.0 Å². The van der Waals surface area contributed by atoms with Crippen LogP contribution in [0.2, 0.25) is 0 Å². The highest BCUT2D eigenvalue weighted by Gasteiger charge is 2.33. The molecule has 1 unspecified atom stereocenters. The first-order valence-corrected chi connectivity index (χ1v) is 9.99. The summed E-state index contributed by atoms with van der Waals surface area (Å²) in [4.78, 5) is 38.1. The number of nitrogens with two attached hydrogens (primary N) is 1. The van der Waals surface area contributed by atoms with Gasteiger partial charge in [0.2, 0.25) is 5.91 Å². The molecule has 6 N–H and O–H groups in total. The molecule has 0 aliphatic carbocycles. The SMILES string of the molecule is [CH2]CNC(=O)OCc1cccc(NC(=O)NC2CCN(c3ccc(C(=N)N)cc3)C2=O)c1. The minimum absolute atomic E-state index is 0.0431. The van der Waals surface area contributed by atoms with Gasteiger partial charge in [0, 0.05) is 30.0 Å². The number of urea groups is 1. The van der Waals surface area contributed by atoms with Crippen LogP contribution < -0.4 is 26.6 Å². The van der Waals surface area contributed by atoms with Gasteiger partial charge in [-0.05, 0) is 55.3 Å². The zero-order valence-corrected chi connectivity index (χ0v) is 17.4. The summed E-state index contributed by atoms with van der Waals surface area (Å²) in [6, 6.07) is 12.5. The number of hydrogen-bond donors (Lipinski definition) is 5. The van der Waals surface area contributed by atoms with E-state index in [1.807, 2.05) is 0 Å². The van der Waals surface area contributed by atoms with Crippen molar-refractivity contribution in [2.75, 3.05) is 23.3 Å². The van der Waals surface area contributed by atoms with Crippen LogP contribution in [0.15, 0.2) is 48.5 Å². The molecule has 0 aromatic heterocycles. The van der Waals surface area contributed by atoms with Crippen molar-refractivity contribution in [3.8, 4) is 0 Å². The fourth-order valence-corrected chi connectivity index (χ4v) is 3.26. The lowest BCUT2D eigenvalue weighted by Crippen LogP contribution is -2.43. The van der Waals surface area contributed by atoms with Crippen molar-refractivity contribution in [2.24, 2.45) is 5.73 Å². The van der Waals surface area contributed by atoms with Crippen LogP contribution >= 0.6 is 0 Å². The maximum Gasteiger partial charge on any atom is 0.407 e. The number of alkyl carbamates (subject to hydrolysis) is 1. The summed E-state index contributed by atoms with van der Waals surface area (Å²) in [5, 5.41) is 15.3. The maximum atomic E-state index is 12.7. The second-order valence-corrected chi connectivity index (χ2v) is 7.09. The van der Waals surface area contributed by atoms with Crippen LogP contribution in [0.3, 0.4) is 0 Å². The van der Waals surface area contributed by atoms with Gasteiger partial charge < -0.3 is 31.3 Å². The van der Waals surface area contributed by atoms with Crippen molar-refractivity contribution >= 4 is 35.2 Å². The molecule has 0 spiro atoms. The second kappa shape index (κ2) is 10.3. The van der Waals surface area contributed by atoms with Crippen molar-refractivity contribution in [2.45, 2.75) is 19.1 Å². The fraction of sp³-hybridized carbons (Fsp3) is 0.227. The number of anilines is 2. The lowest BCUT2D eigenvalue weighted by Gasteiger charge is -2.18. The highest BCUT2D eigenvalue weighted by Crippen LogP contribution is 2.22. The quantitative estimate of drug-likeness (QED) is 0.331. The topological polar surface area (TPSA) is 150 Å². The van der Waals surface area contributed by atoms with Crippen molar-refractivity contribution < 1.29 is 19.1 Å². The van der Waals surface area contributed by atoms with Crippen molar-refractivity contribution in [1.82, 2.24) is 10.6 Å². The molecule has 32 heavy (non-hydrogen) atoms. The van der Waals surface area contributed by atoms with E-state index in [1.54, 1.807) is 53.4 Å². The van der Waals surface area contributed by atoms with Gasteiger partial charge in [0.1, 0.15) is 18.5 Å². The molecule has 1 fully saturated rings. The molecule has 2 aromatic carbocycles. The number of amidine groups is 1. The Morgan fingerprint density at radius 3 is 2.66 bits per heavy atom. The van der Waals surface area contributed by atoms with Crippen LogP contribution in [0.25, 0.3) is 0 Å². The molecule has 10 nitrogen and oxygen atoms in total. The molecular formula is C22H25N6O4. The number of amides is 4. The number of ether oxygens (including phenoxy) is 1. The minimum atomic E-state index is -0.652. The summed E-state index contributed by atoms with van der Waals surface area (Å²) < 4.78 is 5.04. The van der Waals surface area contributed by atoms with Gasteiger partial charge in [-0.1, -0.05) is 12.1 Å². The molecule has 1 saturated heterocycles. The van der Waals surface area contributed by atoms with Crippen LogP contribution in [-0.2, 0) is 16.1 Å². The van der Waals surface area contributed by atoms with Gasteiger partial charge >= 0.3 is 12.1 Å². The lowest BCUT2D eigenvalue weighted by atomic mass is 10.2. The van der Waals surface area contributed by atoms with E-state index in [1.165, 1.54) is 0 Å². The van der Waals surface area contributed by atoms with E-state index in [0.717, 1.165) is 0 Å². The Kier molecular flexibility index (Phi) is 7.27. The molecule has 1 atom stereocenters. The maximum absolute atomic E-state index is 12.7. The Morgan fingerprint density at radius 2 is 1.97 bits per heavy atom. The lowest BCUT2D eigenvalue weighted by molar-refractivity contribution is -0.118. The highest BCUT2D eigenvalue weighted by atomic mass is 16.5. The molecule has 1 aliphatic heterocycles. The molecular weight excluding hydrogens is 412 g/mol. The number of carbonyl (C=O) groups is 3. The van der Waals surface area contributed by atoms with E-state index in [9.17, 15) is 14.4 Å². The van der Waals surface area contributed by atoms with Gasteiger partial charge in [-0.25, -0.2) is 9.59 Å². The van der Waals surface area contributed by atoms with Crippen LogP contribution in [0, 0.1) is 12.3 Å². The second-order valence-electron chi connectivity index (χ2n) is 7.09. The normalized spacial score (nSPS) is 15.2. The monoisotopic (exact) mass is 437 g/mol. The zero-order chi connectivity index (χ0) is 23.1. The summed E-state index contributed by atoms with van der Waals surface area (Å²) in [5.74, 6) is -0.257. The van der Waals surface area contributed by atoms with Gasteiger partial charge in [0.15, 0.2) is 0 Å². The third kappa shape index (κ3) is 5.75. The number of benzene rings is 2. The van der Waals surface area contributed by atoms with E-state index in [-0.39, 0.29) is 24.9 Å². The Morgan fingerprint density at radius 1 is 1.22 bits per heavy atom. The van der Waals surface area contributed by atoms with Gasteiger partial charge in [0.25, 0.3) is 0 Å². The number of rotatable bonds is 7. The Hall–Kier alpha value is -4.08. The largest absolute Gasteiger partial charge is 0.445 e. The van der Waals surface area contributed by atoms with Gasteiger partial charge in [0.05, 0.1) is 0 Å². The third-order valence-corrected chi connectivity index (χ3v) is 4.82. The molecule has 1 heterocycles. The van der Waals surface area contributed by atoms with E-state index in [4.69, 9.17) is 15.9 Å². The first-order valence-electron chi connectivity index (χ1n) is 9.99. The van der Waals surface area contributed by atoms with Gasteiger partial charge in [-0.3, -0.25) is 10.2 Å². The van der Waals surface area contributed by atoms with Crippen LogP contribution in [-0.4, -0.2) is 43.0 Å². The van der Waals surface area contributed by atoms with Gasteiger partial charge in [-0.2, -0.15) is 0 Å². The summed E-state index contributed by atoms with van der Waals surface area (Å²) >= 11 is 0. The number of nitrogen functional groups attached to an aromatic ring is 1. The number of carbonyl (C=O) groups excluding carboxylic acids is 3. The van der Waals surface area contributed by atoms with Crippen molar-refractivity contribution in [3.05, 3.63) is 66.6 Å². The van der Waals surface area contributed by atoms with E-state index in [2.05, 4.69) is 22.9 Å². The van der Waals surface area contributed by atoms with Crippen molar-refractivity contribution in [1.29, 1.82) is 5.41 Å². The predicted octanol–water partition coefficient (Wildman–Crippen LogP) is 1.96. The zero-order valence-electron chi connectivity index (χ0n) is 17.4. The average molecular weight is 437 g/mol. The number of nitrogens with zero attached hydrogens (tertiary/aromatic N) is 1. The molecule has 3 rings (SSSR count). The van der Waals surface area contributed by atoms with E-state index < -0.39 is 18.2 Å². The fourth-order valence-electron chi connectivity index (χ4n) is 3.26. The molecule has 10 heteroatoms.